The maximum atomic E-state index is 12.0. The van der Waals surface area contributed by atoms with Crippen LogP contribution in [0.15, 0.2) is 36.4 Å². The number of methoxy groups -OCH3 is 1. The molecule has 0 aliphatic carbocycles. The number of nitrogens with one attached hydrogen (secondary N) is 1. The molecule has 1 N–H and O–H groups in total. The topological polar surface area (TPSA) is 43.3 Å². The highest BCUT2D eigenvalue weighted by Gasteiger charge is 2.08. The highest BCUT2D eigenvalue weighted by atomic mass is 16.5. The van der Waals surface area contributed by atoms with Crippen LogP contribution in [0.1, 0.15) is 17.0 Å². The van der Waals surface area contributed by atoms with Crippen molar-refractivity contribution in [1.82, 2.24) is 9.88 Å². The zero-order chi connectivity index (χ0) is 14.5. The van der Waals surface area contributed by atoms with Crippen molar-refractivity contribution in [3.05, 3.63) is 53.3 Å². The molecule has 0 aliphatic heterocycles. The number of carbonyl (C=O) groups is 1. The third-order valence-electron chi connectivity index (χ3n) is 3.39. The minimum Gasteiger partial charge on any atom is -0.496 e. The van der Waals surface area contributed by atoms with Crippen molar-refractivity contribution in [2.24, 2.45) is 0 Å². The predicted octanol–water partition coefficient (Wildman–Crippen LogP) is 2.43. The van der Waals surface area contributed by atoms with Crippen LogP contribution in [-0.4, -0.2) is 17.6 Å². The van der Waals surface area contributed by atoms with Gasteiger partial charge in [-0.3, -0.25) is 4.79 Å². The van der Waals surface area contributed by atoms with E-state index in [-0.39, 0.29) is 5.91 Å². The lowest BCUT2D eigenvalue weighted by molar-refractivity contribution is -0.121. The lowest BCUT2D eigenvalue weighted by Gasteiger charge is -2.12. The van der Waals surface area contributed by atoms with Crippen LogP contribution in [0.25, 0.3) is 0 Å². The molecular formula is C16H20N2O2. The Balaban J connectivity index is 1.96. The van der Waals surface area contributed by atoms with Crippen molar-refractivity contribution in [1.29, 1.82) is 0 Å². The standard InChI is InChI=1S/C16H20N2O2/c1-12-8-9-13(2)18(12)11-16(19)17-10-14-6-4-5-7-15(14)20-3/h4-9H,10-11H2,1-3H3,(H,17,19). The Kier molecular flexibility index (Phi) is 4.45. The molecule has 4 nitrogen and oxygen atoms in total. The van der Waals surface area contributed by atoms with E-state index in [1.807, 2.05) is 54.8 Å². The molecule has 0 spiro atoms. The first kappa shape index (κ1) is 14.2. The summed E-state index contributed by atoms with van der Waals surface area (Å²) >= 11 is 0. The Bertz CT molecular complexity index is 583. The van der Waals surface area contributed by atoms with Gasteiger partial charge in [0.2, 0.25) is 5.91 Å². The van der Waals surface area contributed by atoms with Crippen LogP contribution in [-0.2, 0) is 17.9 Å². The number of ether oxygens (including phenoxy) is 1. The Morgan fingerprint density at radius 2 is 1.80 bits per heavy atom. The summed E-state index contributed by atoms with van der Waals surface area (Å²) in [5.74, 6) is 0.791. The molecular weight excluding hydrogens is 252 g/mol. The van der Waals surface area contributed by atoms with Crippen LogP contribution in [0.4, 0.5) is 0 Å². The highest BCUT2D eigenvalue weighted by Crippen LogP contribution is 2.16. The first-order valence-electron chi connectivity index (χ1n) is 6.63. The number of aryl methyl sites for hydroxylation is 2. The molecule has 0 saturated heterocycles. The van der Waals surface area contributed by atoms with Gasteiger partial charge in [-0.15, -0.1) is 0 Å². The lowest BCUT2D eigenvalue weighted by Crippen LogP contribution is -2.28. The van der Waals surface area contributed by atoms with E-state index in [0.717, 1.165) is 22.7 Å². The van der Waals surface area contributed by atoms with Crippen LogP contribution in [0.3, 0.4) is 0 Å². The molecule has 2 rings (SSSR count). The Morgan fingerprint density at radius 1 is 1.15 bits per heavy atom. The van der Waals surface area contributed by atoms with Gasteiger partial charge in [0, 0.05) is 23.5 Å². The average Bonchev–Trinajstić information content (AvgIpc) is 2.77. The molecule has 0 aliphatic rings. The molecule has 0 atom stereocenters. The van der Waals surface area contributed by atoms with Crippen molar-refractivity contribution in [2.45, 2.75) is 26.9 Å². The molecule has 4 heteroatoms. The maximum absolute atomic E-state index is 12.0. The van der Waals surface area contributed by atoms with Gasteiger partial charge in [-0.05, 0) is 32.0 Å². The van der Waals surface area contributed by atoms with E-state index in [1.54, 1.807) is 7.11 Å². The van der Waals surface area contributed by atoms with Crippen LogP contribution < -0.4 is 10.1 Å². The van der Waals surface area contributed by atoms with Gasteiger partial charge >= 0.3 is 0 Å². The third kappa shape index (κ3) is 3.20. The van der Waals surface area contributed by atoms with Gasteiger partial charge in [0.05, 0.1) is 7.11 Å². The first-order chi connectivity index (χ1) is 9.61. The summed E-state index contributed by atoms with van der Waals surface area (Å²) in [7, 11) is 1.63. The lowest BCUT2D eigenvalue weighted by atomic mass is 10.2. The maximum Gasteiger partial charge on any atom is 0.240 e. The highest BCUT2D eigenvalue weighted by molar-refractivity contribution is 5.76. The summed E-state index contributed by atoms with van der Waals surface area (Å²) in [4.78, 5) is 12.0. The van der Waals surface area contributed by atoms with Gasteiger partial charge in [-0.1, -0.05) is 18.2 Å². The molecule has 0 radical (unpaired) electrons. The third-order valence-corrected chi connectivity index (χ3v) is 3.39. The second kappa shape index (κ2) is 6.28. The second-order valence-corrected chi connectivity index (χ2v) is 4.79. The Morgan fingerprint density at radius 3 is 2.45 bits per heavy atom. The minimum absolute atomic E-state index is 0.00157. The second-order valence-electron chi connectivity index (χ2n) is 4.79. The largest absolute Gasteiger partial charge is 0.496 e. The monoisotopic (exact) mass is 272 g/mol. The fourth-order valence-corrected chi connectivity index (χ4v) is 2.19. The summed E-state index contributed by atoms with van der Waals surface area (Å²) in [6.07, 6.45) is 0. The van der Waals surface area contributed by atoms with Gasteiger partial charge in [0.25, 0.3) is 0 Å². The van der Waals surface area contributed by atoms with Crippen molar-refractivity contribution in [3.63, 3.8) is 0 Å². The molecule has 1 aromatic carbocycles. The van der Waals surface area contributed by atoms with Crippen molar-refractivity contribution in [3.8, 4) is 5.75 Å². The van der Waals surface area contributed by atoms with Crippen molar-refractivity contribution < 1.29 is 9.53 Å². The number of amides is 1. The number of hydrogen-bond donors (Lipinski definition) is 1. The van der Waals surface area contributed by atoms with Gasteiger partial charge < -0.3 is 14.6 Å². The number of nitrogens with zero attached hydrogens (tertiary/aromatic N) is 1. The van der Waals surface area contributed by atoms with E-state index in [2.05, 4.69) is 5.32 Å². The summed E-state index contributed by atoms with van der Waals surface area (Å²) in [5.41, 5.74) is 3.16. The molecule has 1 aromatic heterocycles. The van der Waals surface area contributed by atoms with Crippen LogP contribution in [0, 0.1) is 13.8 Å². The van der Waals surface area contributed by atoms with Crippen LogP contribution in [0.2, 0.25) is 0 Å². The number of aromatic nitrogens is 1. The van der Waals surface area contributed by atoms with E-state index >= 15 is 0 Å². The van der Waals surface area contributed by atoms with Gasteiger partial charge in [0.1, 0.15) is 12.3 Å². The van der Waals surface area contributed by atoms with E-state index in [0.29, 0.717) is 13.1 Å². The number of rotatable bonds is 5. The fourth-order valence-electron chi connectivity index (χ4n) is 2.19. The molecule has 106 valence electrons. The molecule has 0 bridgehead atoms. The molecule has 1 heterocycles. The Hall–Kier alpha value is -2.23. The van der Waals surface area contributed by atoms with E-state index in [9.17, 15) is 4.79 Å². The number of hydrogen-bond acceptors (Lipinski definition) is 2. The average molecular weight is 272 g/mol. The van der Waals surface area contributed by atoms with E-state index in [4.69, 9.17) is 4.74 Å². The summed E-state index contributed by atoms with van der Waals surface area (Å²) in [5, 5.41) is 2.93. The Labute approximate surface area is 119 Å². The molecule has 2 aromatic rings. The molecule has 0 saturated carbocycles. The summed E-state index contributed by atoms with van der Waals surface area (Å²) < 4.78 is 7.26. The fraction of sp³-hybridized carbons (Fsp3) is 0.312. The number of benzene rings is 1. The quantitative estimate of drug-likeness (QED) is 0.908. The van der Waals surface area contributed by atoms with Gasteiger partial charge in [-0.2, -0.15) is 0 Å². The minimum atomic E-state index is -0.00157. The first-order valence-corrected chi connectivity index (χ1v) is 6.63. The molecule has 1 amide bonds. The van der Waals surface area contributed by atoms with Crippen molar-refractivity contribution in [2.75, 3.05) is 7.11 Å². The van der Waals surface area contributed by atoms with Gasteiger partial charge in [-0.25, -0.2) is 0 Å². The van der Waals surface area contributed by atoms with E-state index < -0.39 is 0 Å². The molecule has 0 unspecified atom stereocenters. The zero-order valence-corrected chi connectivity index (χ0v) is 12.1. The molecule has 0 fully saturated rings. The predicted molar refractivity (Wildman–Crippen MR) is 78.7 cm³/mol. The smallest absolute Gasteiger partial charge is 0.240 e. The number of para-hydroxylation sites is 1. The normalized spacial score (nSPS) is 10.3. The van der Waals surface area contributed by atoms with E-state index in [1.165, 1.54) is 0 Å². The van der Waals surface area contributed by atoms with Crippen LogP contribution >= 0.6 is 0 Å². The summed E-state index contributed by atoms with van der Waals surface area (Å²) in [6, 6.07) is 11.7. The summed E-state index contributed by atoms with van der Waals surface area (Å²) in [6.45, 7) is 4.82. The van der Waals surface area contributed by atoms with Gasteiger partial charge in [0.15, 0.2) is 0 Å². The molecule has 20 heavy (non-hydrogen) atoms. The SMILES string of the molecule is COc1ccccc1CNC(=O)Cn1c(C)ccc1C. The van der Waals surface area contributed by atoms with Crippen LogP contribution in [0.5, 0.6) is 5.75 Å². The zero-order valence-electron chi connectivity index (χ0n) is 12.1. The number of carbonyl (C=O) groups excluding carboxylic acids is 1. The van der Waals surface area contributed by atoms with Crippen molar-refractivity contribution >= 4 is 5.91 Å².